The van der Waals surface area contributed by atoms with Crippen LogP contribution in [0.4, 0.5) is 5.69 Å². The summed E-state index contributed by atoms with van der Waals surface area (Å²) < 4.78 is 22.6. The number of carboxylic acid groups (broad SMARTS) is 1. The Kier molecular flexibility index (Phi) is 4.94. The maximum Gasteiger partial charge on any atom is 0.326 e. The molecular weight excluding hydrogens is 266 g/mol. The molecule has 0 aliphatic heterocycles. The number of carboxylic acids is 1. The van der Waals surface area contributed by atoms with Crippen molar-refractivity contribution in [3.63, 3.8) is 0 Å². The zero-order valence-electron chi connectivity index (χ0n) is 11.3. The lowest BCUT2D eigenvalue weighted by Crippen LogP contribution is -2.30. The summed E-state index contributed by atoms with van der Waals surface area (Å²) >= 11 is 0. The zero-order chi connectivity index (χ0) is 14.6. The molecule has 2 N–H and O–H groups in total. The van der Waals surface area contributed by atoms with Gasteiger partial charge in [0, 0.05) is 11.9 Å². The molecule has 0 bridgehead atoms. The first-order chi connectivity index (χ1) is 8.70. The van der Waals surface area contributed by atoms with Gasteiger partial charge in [0.25, 0.3) is 0 Å². The summed E-state index contributed by atoms with van der Waals surface area (Å²) in [6.07, 6.45) is 1.64. The molecule has 19 heavy (non-hydrogen) atoms. The molecule has 0 aliphatic carbocycles. The van der Waals surface area contributed by atoms with E-state index < -0.39 is 21.8 Å². The number of hydrogen-bond acceptors (Lipinski definition) is 4. The smallest absolute Gasteiger partial charge is 0.326 e. The first-order valence-electron chi connectivity index (χ1n) is 5.99. The van der Waals surface area contributed by atoms with Gasteiger partial charge in [-0.2, -0.15) is 0 Å². The third kappa shape index (κ3) is 4.90. The van der Waals surface area contributed by atoms with Gasteiger partial charge in [-0.25, -0.2) is 13.2 Å². The summed E-state index contributed by atoms with van der Waals surface area (Å²) in [4.78, 5) is 11.3. The van der Waals surface area contributed by atoms with E-state index in [1.165, 1.54) is 12.1 Å². The van der Waals surface area contributed by atoms with E-state index in [1.54, 1.807) is 12.1 Å². The monoisotopic (exact) mass is 285 g/mol. The van der Waals surface area contributed by atoms with Crippen LogP contribution in [-0.4, -0.2) is 31.8 Å². The van der Waals surface area contributed by atoms with Crippen molar-refractivity contribution in [3.8, 4) is 0 Å². The Balaban J connectivity index is 2.84. The van der Waals surface area contributed by atoms with E-state index in [0.29, 0.717) is 12.1 Å². The first-order valence-corrected chi connectivity index (χ1v) is 7.88. The Hall–Kier alpha value is -1.56. The third-order valence-electron chi connectivity index (χ3n) is 2.63. The van der Waals surface area contributed by atoms with Crippen LogP contribution < -0.4 is 5.32 Å². The minimum absolute atomic E-state index is 0.216. The Morgan fingerprint density at radius 2 is 1.79 bits per heavy atom. The van der Waals surface area contributed by atoms with E-state index in [4.69, 9.17) is 5.11 Å². The number of benzene rings is 1. The van der Waals surface area contributed by atoms with E-state index in [-0.39, 0.29) is 10.8 Å². The molecule has 0 amide bonds. The average molecular weight is 285 g/mol. The predicted octanol–water partition coefficient (Wildman–Crippen LogP) is 2.00. The molecule has 1 aromatic rings. The molecule has 0 spiro atoms. The summed E-state index contributed by atoms with van der Waals surface area (Å²) in [6, 6.07) is 5.40. The van der Waals surface area contributed by atoms with Gasteiger partial charge in [-0.1, -0.05) is 13.8 Å². The molecule has 0 aliphatic rings. The third-order valence-corrected chi connectivity index (χ3v) is 3.76. The van der Waals surface area contributed by atoms with E-state index in [2.05, 4.69) is 5.32 Å². The fourth-order valence-corrected chi connectivity index (χ4v) is 2.32. The van der Waals surface area contributed by atoms with Crippen molar-refractivity contribution in [3.05, 3.63) is 24.3 Å². The molecule has 1 aromatic carbocycles. The molecule has 0 unspecified atom stereocenters. The molecule has 0 aromatic heterocycles. The van der Waals surface area contributed by atoms with Crippen molar-refractivity contribution >= 4 is 21.5 Å². The highest BCUT2D eigenvalue weighted by Gasteiger charge is 2.18. The summed E-state index contributed by atoms with van der Waals surface area (Å²) in [5, 5.41) is 12.0. The molecule has 1 rings (SSSR count). The zero-order valence-corrected chi connectivity index (χ0v) is 12.1. The fraction of sp³-hybridized carbons (Fsp3) is 0.462. The Labute approximate surface area is 113 Å². The molecular formula is C13H19NO4S. The maximum atomic E-state index is 11.3. The lowest BCUT2D eigenvalue weighted by atomic mass is 10.0. The van der Waals surface area contributed by atoms with Crippen LogP contribution in [0.2, 0.25) is 0 Å². The molecule has 0 saturated heterocycles. The van der Waals surface area contributed by atoms with Crippen molar-refractivity contribution < 1.29 is 18.3 Å². The number of sulfone groups is 1. The van der Waals surface area contributed by atoms with Crippen LogP contribution in [0.15, 0.2) is 29.2 Å². The van der Waals surface area contributed by atoms with Crippen molar-refractivity contribution in [2.24, 2.45) is 5.92 Å². The standard InChI is InChI=1S/C13H19NO4S/c1-9(2)8-12(13(15)16)14-10-4-6-11(7-5-10)19(3,17)18/h4-7,9,12,14H,8H2,1-3H3,(H,15,16)/t12-/m1/s1. The quantitative estimate of drug-likeness (QED) is 0.835. The molecule has 5 nitrogen and oxygen atoms in total. The highest BCUT2D eigenvalue weighted by Crippen LogP contribution is 2.17. The number of hydrogen-bond donors (Lipinski definition) is 2. The lowest BCUT2D eigenvalue weighted by molar-refractivity contribution is -0.138. The predicted molar refractivity (Wildman–Crippen MR) is 74.1 cm³/mol. The minimum Gasteiger partial charge on any atom is -0.480 e. The summed E-state index contributed by atoms with van der Waals surface area (Å²) in [5.41, 5.74) is 0.598. The molecule has 0 saturated carbocycles. The van der Waals surface area contributed by atoms with Crippen LogP contribution >= 0.6 is 0 Å². The number of rotatable bonds is 6. The van der Waals surface area contributed by atoms with Crippen molar-refractivity contribution in [2.75, 3.05) is 11.6 Å². The van der Waals surface area contributed by atoms with Crippen LogP contribution in [0, 0.1) is 5.92 Å². The van der Waals surface area contributed by atoms with Crippen LogP contribution in [0.25, 0.3) is 0 Å². The first kappa shape index (κ1) is 15.5. The summed E-state index contributed by atoms with van der Waals surface area (Å²) in [7, 11) is -3.23. The van der Waals surface area contributed by atoms with E-state index in [9.17, 15) is 13.2 Å². The number of aliphatic carboxylic acids is 1. The second kappa shape index (κ2) is 6.06. The molecule has 106 valence electrons. The van der Waals surface area contributed by atoms with Gasteiger partial charge < -0.3 is 10.4 Å². The van der Waals surface area contributed by atoms with Gasteiger partial charge in [0.15, 0.2) is 9.84 Å². The van der Waals surface area contributed by atoms with Crippen LogP contribution in [0.1, 0.15) is 20.3 Å². The Morgan fingerprint density at radius 3 is 2.16 bits per heavy atom. The second-order valence-corrected chi connectivity index (χ2v) is 6.98. The Morgan fingerprint density at radius 1 is 1.26 bits per heavy atom. The maximum absolute atomic E-state index is 11.3. The normalized spacial score (nSPS) is 13.3. The van der Waals surface area contributed by atoms with Crippen LogP contribution in [0.3, 0.4) is 0 Å². The molecule has 0 radical (unpaired) electrons. The van der Waals surface area contributed by atoms with E-state index in [1.807, 2.05) is 13.8 Å². The van der Waals surface area contributed by atoms with Gasteiger partial charge in [-0.05, 0) is 36.6 Å². The van der Waals surface area contributed by atoms with Crippen LogP contribution in [-0.2, 0) is 14.6 Å². The molecule has 0 fully saturated rings. The van der Waals surface area contributed by atoms with Gasteiger partial charge in [0.2, 0.25) is 0 Å². The van der Waals surface area contributed by atoms with Gasteiger partial charge in [0.05, 0.1) is 4.90 Å². The number of carbonyl (C=O) groups is 1. The van der Waals surface area contributed by atoms with Crippen molar-refractivity contribution in [1.29, 1.82) is 0 Å². The fourth-order valence-electron chi connectivity index (χ4n) is 1.69. The SMILES string of the molecule is CC(C)C[C@@H](Nc1ccc(S(C)(=O)=O)cc1)C(=O)O. The van der Waals surface area contributed by atoms with Crippen molar-refractivity contribution in [1.82, 2.24) is 0 Å². The summed E-state index contributed by atoms with van der Waals surface area (Å²) in [6.45, 7) is 3.90. The van der Waals surface area contributed by atoms with Gasteiger partial charge >= 0.3 is 5.97 Å². The molecule has 0 heterocycles. The van der Waals surface area contributed by atoms with Gasteiger partial charge in [-0.15, -0.1) is 0 Å². The topological polar surface area (TPSA) is 83.5 Å². The summed E-state index contributed by atoms with van der Waals surface area (Å²) in [5.74, 6) is -0.662. The molecule has 1 atom stereocenters. The van der Waals surface area contributed by atoms with Gasteiger partial charge in [-0.3, -0.25) is 0 Å². The molecule has 6 heteroatoms. The van der Waals surface area contributed by atoms with E-state index >= 15 is 0 Å². The Bertz CT molecular complexity index is 534. The second-order valence-electron chi connectivity index (χ2n) is 4.96. The number of anilines is 1. The highest BCUT2D eigenvalue weighted by molar-refractivity contribution is 7.90. The minimum atomic E-state index is -3.23. The largest absolute Gasteiger partial charge is 0.480 e. The van der Waals surface area contributed by atoms with Crippen molar-refractivity contribution in [2.45, 2.75) is 31.2 Å². The lowest BCUT2D eigenvalue weighted by Gasteiger charge is -2.17. The van der Waals surface area contributed by atoms with E-state index in [0.717, 1.165) is 6.26 Å². The van der Waals surface area contributed by atoms with Crippen LogP contribution in [0.5, 0.6) is 0 Å². The number of nitrogens with one attached hydrogen (secondary N) is 1. The average Bonchev–Trinajstić information content (AvgIpc) is 2.27. The van der Waals surface area contributed by atoms with Gasteiger partial charge in [0.1, 0.15) is 6.04 Å². The highest BCUT2D eigenvalue weighted by atomic mass is 32.2.